The molecule has 1 amide bonds. The number of alkyl halides is 3. The molecular formula is C14H13F3N8O. The van der Waals surface area contributed by atoms with Crippen molar-refractivity contribution in [1.82, 2.24) is 29.3 Å². The summed E-state index contributed by atoms with van der Waals surface area (Å²) in [6, 6.07) is 1.55. The van der Waals surface area contributed by atoms with Crippen LogP contribution in [-0.4, -0.2) is 42.3 Å². The Morgan fingerprint density at radius 2 is 2.04 bits per heavy atom. The van der Waals surface area contributed by atoms with E-state index in [1.54, 1.807) is 13.1 Å². The molecule has 0 bridgehead atoms. The van der Waals surface area contributed by atoms with E-state index in [-0.39, 0.29) is 23.0 Å². The van der Waals surface area contributed by atoms with Gasteiger partial charge in [-0.15, -0.1) is 0 Å². The average Bonchev–Trinajstić information content (AvgIpc) is 3.18. The van der Waals surface area contributed by atoms with Crippen LogP contribution in [0.2, 0.25) is 0 Å². The molecule has 3 N–H and O–H groups in total. The number of halogens is 3. The van der Waals surface area contributed by atoms with Crippen LogP contribution in [0.25, 0.3) is 17.2 Å². The third kappa shape index (κ3) is 2.96. The summed E-state index contributed by atoms with van der Waals surface area (Å²) in [4.78, 5) is 23.1. The number of rotatable bonds is 4. The van der Waals surface area contributed by atoms with E-state index in [4.69, 9.17) is 5.73 Å². The van der Waals surface area contributed by atoms with Gasteiger partial charge in [0.1, 0.15) is 5.82 Å². The van der Waals surface area contributed by atoms with Crippen LogP contribution < -0.4 is 11.1 Å². The molecule has 136 valence electrons. The van der Waals surface area contributed by atoms with Gasteiger partial charge >= 0.3 is 6.18 Å². The van der Waals surface area contributed by atoms with Gasteiger partial charge in [-0.25, -0.2) is 14.6 Å². The molecule has 3 aromatic rings. The predicted molar refractivity (Wildman–Crippen MR) is 84.4 cm³/mol. The number of amides is 1. The summed E-state index contributed by atoms with van der Waals surface area (Å²) in [5.41, 5.74) is 3.76. The summed E-state index contributed by atoms with van der Waals surface area (Å²) in [5.74, 6) is -0.665. The quantitative estimate of drug-likeness (QED) is 0.717. The predicted octanol–water partition coefficient (Wildman–Crippen LogP) is 1.22. The highest BCUT2D eigenvalue weighted by Crippen LogP contribution is 2.36. The number of hydrogen-bond donors (Lipinski definition) is 2. The van der Waals surface area contributed by atoms with Crippen molar-refractivity contribution >= 4 is 11.7 Å². The van der Waals surface area contributed by atoms with Gasteiger partial charge in [-0.2, -0.15) is 23.3 Å². The first-order chi connectivity index (χ1) is 12.2. The fraction of sp³-hybridized carbons (Fsp3) is 0.214. The van der Waals surface area contributed by atoms with E-state index in [9.17, 15) is 18.0 Å². The molecule has 0 unspecified atom stereocenters. The second kappa shape index (κ2) is 6.13. The molecule has 0 saturated carbocycles. The zero-order chi connectivity index (χ0) is 19.1. The lowest BCUT2D eigenvalue weighted by Crippen LogP contribution is -2.17. The zero-order valence-corrected chi connectivity index (χ0v) is 13.6. The van der Waals surface area contributed by atoms with Gasteiger partial charge in [0, 0.05) is 26.5 Å². The number of hydrogen-bond acceptors (Lipinski definition) is 6. The molecule has 0 atom stereocenters. The highest BCUT2D eigenvalue weighted by Gasteiger charge is 2.39. The Bertz CT molecular complexity index is 975. The van der Waals surface area contributed by atoms with Crippen molar-refractivity contribution in [1.29, 1.82) is 0 Å². The minimum Gasteiger partial charge on any atom is -0.373 e. The Morgan fingerprint density at radius 1 is 1.31 bits per heavy atom. The van der Waals surface area contributed by atoms with E-state index < -0.39 is 17.8 Å². The number of aromatic nitrogens is 6. The first-order valence-electron chi connectivity index (χ1n) is 7.22. The Balaban J connectivity index is 2.19. The summed E-state index contributed by atoms with van der Waals surface area (Å²) >= 11 is 0. The van der Waals surface area contributed by atoms with E-state index in [2.05, 4.69) is 25.4 Å². The molecule has 0 aliphatic carbocycles. The van der Waals surface area contributed by atoms with Gasteiger partial charge in [0.25, 0.3) is 11.9 Å². The van der Waals surface area contributed by atoms with Crippen LogP contribution >= 0.6 is 0 Å². The van der Waals surface area contributed by atoms with E-state index in [1.807, 2.05) is 0 Å². The Labute approximate surface area is 144 Å². The lowest BCUT2D eigenvalue weighted by atomic mass is 10.2. The molecule has 3 aromatic heterocycles. The van der Waals surface area contributed by atoms with E-state index in [0.29, 0.717) is 5.82 Å². The van der Waals surface area contributed by atoms with Crippen molar-refractivity contribution in [2.75, 3.05) is 12.4 Å². The van der Waals surface area contributed by atoms with E-state index in [0.717, 1.165) is 17.1 Å². The highest BCUT2D eigenvalue weighted by atomic mass is 19.4. The zero-order valence-electron chi connectivity index (χ0n) is 13.6. The lowest BCUT2D eigenvalue weighted by molar-refractivity contribution is -0.140. The number of anilines is 1. The van der Waals surface area contributed by atoms with Crippen LogP contribution in [0.15, 0.2) is 24.7 Å². The van der Waals surface area contributed by atoms with Gasteiger partial charge in [0.05, 0.1) is 17.5 Å². The fourth-order valence-electron chi connectivity index (χ4n) is 2.36. The third-order valence-electron chi connectivity index (χ3n) is 3.57. The van der Waals surface area contributed by atoms with Crippen molar-refractivity contribution in [3.05, 3.63) is 36.2 Å². The van der Waals surface area contributed by atoms with Crippen LogP contribution in [-0.2, 0) is 13.2 Å². The van der Waals surface area contributed by atoms with Gasteiger partial charge in [0.2, 0.25) is 0 Å². The van der Waals surface area contributed by atoms with Gasteiger partial charge in [-0.3, -0.25) is 4.79 Å². The van der Waals surface area contributed by atoms with Gasteiger partial charge in [-0.1, -0.05) is 0 Å². The molecule has 3 rings (SSSR count). The fourth-order valence-corrected chi connectivity index (χ4v) is 2.36. The van der Waals surface area contributed by atoms with Crippen LogP contribution in [0.4, 0.5) is 19.0 Å². The largest absolute Gasteiger partial charge is 0.435 e. The molecule has 26 heavy (non-hydrogen) atoms. The van der Waals surface area contributed by atoms with Crippen molar-refractivity contribution in [3.63, 3.8) is 0 Å². The molecule has 0 fully saturated rings. The molecule has 0 aliphatic heterocycles. The smallest absolute Gasteiger partial charge is 0.373 e. The number of nitrogens with two attached hydrogens (primary N) is 1. The molecule has 0 aromatic carbocycles. The van der Waals surface area contributed by atoms with Gasteiger partial charge in [-0.05, 0) is 6.07 Å². The maximum atomic E-state index is 13.5. The summed E-state index contributed by atoms with van der Waals surface area (Å²) in [7, 11) is 3.00. The second-order valence-corrected chi connectivity index (χ2v) is 5.22. The van der Waals surface area contributed by atoms with Crippen molar-refractivity contribution < 1.29 is 18.0 Å². The molecule has 0 aliphatic rings. The SMILES string of the molecule is CNc1ccnc(-n2cc(-c3cnc(C(N)=O)n3C)c(C(F)(F)F)n2)n1. The van der Waals surface area contributed by atoms with Crippen molar-refractivity contribution in [3.8, 4) is 17.2 Å². The lowest BCUT2D eigenvalue weighted by Gasteiger charge is -2.07. The molecule has 0 radical (unpaired) electrons. The second-order valence-electron chi connectivity index (χ2n) is 5.22. The van der Waals surface area contributed by atoms with Crippen LogP contribution in [0, 0.1) is 0 Å². The Hall–Kier alpha value is -3.44. The molecule has 12 heteroatoms. The topological polar surface area (TPSA) is 117 Å². The summed E-state index contributed by atoms with van der Waals surface area (Å²) in [6.45, 7) is 0. The maximum Gasteiger partial charge on any atom is 0.435 e. The minimum absolute atomic E-state index is 0.0298. The first-order valence-corrected chi connectivity index (χ1v) is 7.22. The molecule has 3 heterocycles. The highest BCUT2D eigenvalue weighted by molar-refractivity contribution is 5.90. The molecule has 9 nitrogen and oxygen atoms in total. The van der Waals surface area contributed by atoms with Crippen LogP contribution in [0.5, 0.6) is 0 Å². The number of nitrogens with zero attached hydrogens (tertiary/aromatic N) is 6. The summed E-state index contributed by atoms with van der Waals surface area (Å²) < 4.78 is 42.4. The van der Waals surface area contributed by atoms with Gasteiger partial charge < -0.3 is 15.6 Å². The average molecular weight is 366 g/mol. The van der Waals surface area contributed by atoms with Crippen molar-refractivity contribution in [2.24, 2.45) is 12.8 Å². The van der Waals surface area contributed by atoms with Crippen LogP contribution in [0.3, 0.4) is 0 Å². The number of nitrogens with one attached hydrogen (secondary N) is 1. The van der Waals surface area contributed by atoms with Crippen molar-refractivity contribution in [2.45, 2.75) is 6.18 Å². The number of carbonyl (C=O) groups excluding carboxylic acids is 1. The maximum absolute atomic E-state index is 13.5. The molecule has 0 spiro atoms. The normalized spacial score (nSPS) is 11.6. The Morgan fingerprint density at radius 3 is 2.62 bits per heavy atom. The Kier molecular flexibility index (Phi) is 4.10. The first kappa shape index (κ1) is 17.4. The number of carbonyl (C=O) groups is 1. The third-order valence-corrected chi connectivity index (χ3v) is 3.57. The van der Waals surface area contributed by atoms with E-state index >= 15 is 0 Å². The standard InChI is InChI=1S/C14H13F3N8O/c1-19-9-3-4-20-13(22-9)25-6-7(10(23-25)14(15,16)17)8-5-21-12(11(18)26)24(8)2/h3-6H,1-2H3,(H2,18,26)(H,19,20,22). The number of primary amides is 1. The van der Waals surface area contributed by atoms with Crippen LogP contribution in [0.1, 0.15) is 16.3 Å². The number of imidazole rings is 1. The summed E-state index contributed by atoms with van der Waals surface area (Å²) in [6.07, 6.45) is -1.10. The van der Waals surface area contributed by atoms with Gasteiger partial charge in [0.15, 0.2) is 11.5 Å². The van der Waals surface area contributed by atoms with E-state index in [1.165, 1.54) is 17.8 Å². The monoisotopic (exact) mass is 366 g/mol. The summed E-state index contributed by atoms with van der Waals surface area (Å²) in [5, 5.41) is 6.35. The molecular weight excluding hydrogens is 353 g/mol. The minimum atomic E-state index is -4.74. The molecule has 0 saturated heterocycles.